The highest BCUT2D eigenvalue weighted by Crippen LogP contribution is 2.26. The van der Waals surface area contributed by atoms with Crippen molar-refractivity contribution in [3.05, 3.63) is 0 Å². The summed E-state index contributed by atoms with van der Waals surface area (Å²) in [6.45, 7) is 17.9. The number of hydrogen-bond donors (Lipinski definition) is 2. The molecule has 0 rings (SSSR count). The van der Waals surface area contributed by atoms with Crippen LogP contribution in [0.2, 0.25) is 0 Å². The van der Waals surface area contributed by atoms with Crippen molar-refractivity contribution in [2.75, 3.05) is 0 Å². The minimum absolute atomic E-state index is 0.730. The zero-order chi connectivity index (χ0) is 16.8. The van der Waals surface area contributed by atoms with Gasteiger partial charge in [0.25, 0.3) is 14.7 Å². The largest absolute Gasteiger partial charge is 0.440 e. The maximum atomic E-state index is 9.89. The Balaban J connectivity index is 0. The molecule has 0 aliphatic rings. The lowest BCUT2D eigenvalue weighted by Gasteiger charge is -2.39. The van der Waals surface area contributed by atoms with Crippen LogP contribution >= 0.6 is 0 Å². The van der Waals surface area contributed by atoms with Crippen molar-refractivity contribution in [3.8, 4) is 0 Å². The Morgan fingerprint density at radius 2 is 0.800 bits per heavy atom. The van der Waals surface area contributed by atoms with Crippen LogP contribution in [-0.4, -0.2) is 47.4 Å². The second-order valence-corrected chi connectivity index (χ2v) is 6.65. The summed E-state index contributed by atoms with van der Waals surface area (Å²) in [5, 5.41) is 19.8. The van der Waals surface area contributed by atoms with Crippen molar-refractivity contribution in [2.24, 2.45) is 0 Å². The third-order valence-electron chi connectivity index (χ3n) is 3.73. The van der Waals surface area contributed by atoms with Gasteiger partial charge >= 0.3 is 0 Å². The van der Waals surface area contributed by atoms with Crippen LogP contribution in [0.15, 0.2) is 0 Å². The molecule has 20 heavy (non-hydrogen) atoms. The summed E-state index contributed by atoms with van der Waals surface area (Å²) in [5.41, 5.74) is -3.40. The summed E-state index contributed by atoms with van der Waals surface area (Å²) in [4.78, 5) is 0. The van der Waals surface area contributed by atoms with Gasteiger partial charge in [0.05, 0.1) is 22.4 Å². The second kappa shape index (κ2) is 7.83. The van der Waals surface area contributed by atoms with E-state index in [9.17, 15) is 10.2 Å². The van der Waals surface area contributed by atoms with E-state index in [4.69, 9.17) is 9.31 Å². The Morgan fingerprint density at radius 3 is 0.950 bits per heavy atom. The molecule has 0 aliphatic heterocycles. The molecule has 4 nitrogen and oxygen atoms in total. The summed E-state index contributed by atoms with van der Waals surface area (Å²) in [7, 11) is 2.79. The van der Waals surface area contributed by atoms with Gasteiger partial charge in [-0.25, -0.2) is 0 Å². The SMILES string of the molecule is CC.CC(C)(O)C(C)(C)O[B][B]OC(C)(C)C(C)(C)O. The predicted molar refractivity (Wildman–Crippen MR) is 85.8 cm³/mol. The van der Waals surface area contributed by atoms with E-state index in [0.29, 0.717) is 0 Å². The van der Waals surface area contributed by atoms with Crippen molar-refractivity contribution in [1.82, 2.24) is 0 Å². The normalized spacial score (nSPS) is 13.4. The fourth-order valence-electron chi connectivity index (χ4n) is 0.684. The van der Waals surface area contributed by atoms with Crippen LogP contribution in [-0.2, 0) is 9.31 Å². The van der Waals surface area contributed by atoms with Crippen LogP contribution in [0.25, 0.3) is 0 Å². The highest BCUT2D eigenvalue weighted by atomic mass is 16.5. The highest BCUT2D eigenvalue weighted by Gasteiger charge is 2.38. The molecular formula is C14H32B2O4. The van der Waals surface area contributed by atoms with Crippen LogP contribution in [0.5, 0.6) is 0 Å². The van der Waals surface area contributed by atoms with E-state index in [-0.39, 0.29) is 0 Å². The molecule has 0 heterocycles. The molecule has 0 bridgehead atoms. The maximum Gasteiger partial charge on any atom is 0.283 e. The monoisotopic (exact) mass is 286 g/mol. The third-order valence-corrected chi connectivity index (χ3v) is 3.73. The third kappa shape index (κ3) is 7.11. The van der Waals surface area contributed by atoms with Gasteiger partial charge in [0.1, 0.15) is 0 Å². The lowest BCUT2D eigenvalue weighted by atomic mass is 9.62. The molecule has 2 radical (unpaired) electrons. The minimum Gasteiger partial charge on any atom is -0.440 e. The molecule has 0 unspecified atom stereocenters. The number of aliphatic hydroxyl groups is 2. The smallest absolute Gasteiger partial charge is 0.283 e. The Hall–Kier alpha value is -0.0301. The van der Waals surface area contributed by atoms with E-state index in [0.717, 1.165) is 0 Å². The van der Waals surface area contributed by atoms with E-state index in [2.05, 4.69) is 0 Å². The first-order chi connectivity index (χ1) is 8.71. The first-order valence-corrected chi connectivity index (χ1v) is 7.16. The maximum absolute atomic E-state index is 9.89. The van der Waals surface area contributed by atoms with Gasteiger partial charge in [-0.05, 0) is 55.4 Å². The van der Waals surface area contributed by atoms with E-state index in [1.54, 1.807) is 55.4 Å². The summed E-state index contributed by atoms with van der Waals surface area (Å²) >= 11 is 0. The predicted octanol–water partition coefficient (Wildman–Crippen LogP) is 2.30. The zero-order valence-electron chi connectivity index (χ0n) is 14.9. The standard InChI is InChI=1S/C12H26B2O4.C2H6/c1-9(2,15)11(5,6)17-13-14-18-12(7,8)10(3,4)16;1-2/h15-16H,1-8H3;1-2H3. The van der Waals surface area contributed by atoms with Gasteiger partial charge in [0.2, 0.25) is 0 Å². The van der Waals surface area contributed by atoms with Crippen LogP contribution in [0.4, 0.5) is 0 Å². The highest BCUT2D eigenvalue weighted by molar-refractivity contribution is 6.93. The van der Waals surface area contributed by atoms with Crippen molar-refractivity contribution in [3.63, 3.8) is 0 Å². The molecule has 0 aromatic carbocycles. The lowest BCUT2D eigenvalue weighted by Crippen LogP contribution is -2.51. The van der Waals surface area contributed by atoms with Gasteiger partial charge in [-0.2, -0.15) is 0 Å². The first-order valence-electron chi connectivity index (χ1n) is 7.16. The molecule has 0 saturated carbocycles. The summed E-state index contributed by atoms with van der Waals surface area (Å²) < 4.78 is 10.9. The summed E-state index contributed by atoms with van der Waals surface area (Å²) in [6, 6.07) is 0. The van der Waals surface area contributed by atoms with E-state index in [1.165, 1.54) is 14.7 Å². The topological polar surface area (TPSA) is 58.9 Å². The molecular weight excluding hydrogens is 254 g/mol. The molecule has 0 aliphatic carbocycles. The van der Waals surface area contributed by atoms with Crippen LogP contribution in [0, 0.1) is 0 Å². The molecule has 6 heteroatoms. The average Bonchev–Trinajstić information content (AvgIpc) is 2.24. The van der Waals surface area contributed by atoms with Gasteiger partial charge in [-0.1, -0.05) is 13.8 Å². The Morgan fingerprint density at radius 1 is 0.600 bits per heavy atom. The lowest BCUT2D eigenvalue weighted by molar-refractivity contribution is -0.0948. The molecule has 118 valence electrons. The van der Waals surface area contributed by atoms with Crippen molar-refractivity contribution < 1.29 is 19.5 Å². The van der Waals surface area contributed by atoms with Crippen molar-refractivity contribution in [2.45, 2.75) is 91.6 Å². The van der Waals surface area contributed by atoms with Gasteiger partial charge < -0.3 is 19.5 Å². The summed E-state index contributed by atoms with van der Waals surface area (Å²) in [5.74, 6) is 0. The molecule has 0 amide bonds. The quantitative estimate of drug-likeness (QED) is 0.557. The van der Waals surface area contributed by atoms with Crippen LogP contribution < -0.4 is 0 Å². The van der Waals surface area contributed by atoms with E-state index < -0.39 is 22.4 Å². The first kappa shape index (κ1) is 22.3. The number of hydrogen-bond acceptors (Lipinski definition) is 4. The fourth-order valence-corrected chi connectivity index (χ4v) is 0.684. The second-order valence-electron chi connectivity index (χ2n) is 6.65. The average molecular weight is 286 g/mol. The van der Waals surface area contributed by atoms with E-state index >= 15 is 0 Å². The molecule has 0 aromatic heterocycles. The fraction of sp³-hybridized carbons (Fsp3) is 1.00. The van der Waals surface area contributed by atoms with E-state index in [1.807, 2.05) is 13.8 Å². The zero-order valence-corrected chi connectivity index (χ0v) is 14.9. The molecule has 2 N–H and O–H groups in total. The Bertz CT molecular complexity index is 237. The van der Waals surface area contributed by atoms with Crippen molar-refractivity contribution in [1.29, 1.82) is 0 Å². The van der Waals surface area contributed by atoms with Gasteiger partial charge in [0.15, 0.2) is 0 Å². The molecule has 0 spiro atoms. The molecule has 0 atom stereocenters. The van der Waals surface area contributed by atoms with Crippen molar-refractivity contribution >= 4 is 14.7 Å². The minimum atomic E-state index is -0.969. The summed E-state index contributed by atoms with van der Waals surface area (Å²) in [6.07, 6.45) is 0. The van der Waals surface area contributed by atoms with Gasteiger partial charge in [-0.15, -0.1) is 0 Å². The Labute approximate surface area is 126 Å². The van der Waals surface area contributed by atoms with Gasteiger partial charge in [0, 0.05) is 0 Å². The van der Waals surface area contributed by atoms with Gasteiger partial charge in [-0.3, -0.25) is 0 Å². The number of rotatable bonds is 7. The van der Waals surface area contributed by atoms with Crippen LogP contribution in [0.3, 0.4) is 0 Å². The molecule has 0 saturated heterocycles. The van der Waals surface area contributed by atoms with Crippen LogP contribution in [0.1, 0.15) is 69.2 Å². The molecule has 0 fully saturated rings. The Kier molecular flexibility index (Phi) is 8.71. The molecule has 0 aromatic rings.